The molecule has 1 heterocycles. The van der Waals surface area contributed by atoms with Crippen LogP contribution in [0.25, 0.3) is 0 Å². The molecule has 0 radical (unpaired) electrons. The van der Waals surface area contributed by atoms with Crippen LogP contribution in [0.3, 0.4) is 0 Å². The Kier molecular flexibility index (Phi) is 4.69. The highest BCUT2D eigenvalue weighted by Gasteiger charge is 2.15. The van der Waals surface area contributed by atoms with E-state index in [0.29, 0.717) is 29.5 Å². The van der Waals surface area contributed by atoms with Crippen molar-refractivity contribution in [1.29, 1.82) is 0 Å². The van der Waals surface area contributed by atoms with Crippen LogP contribution in [0.2, 0.25) is 5.02 Å². The molecule has 0 saturated heterocycles. The molecule has 1 aromatic carbocycles. The summed E-state index contributed by atoms with van der Waals surface area (Å²) in [5, 5.41) is 0.667. The zero-order valence-electron chi connectivity index (χ0n) is 11.4. The first-order valence-corrected chi connectivity index (χ1v) is 6.63. The molecule has 0 atom stereocenters. The normalized spacial score (nSPS) is 10.3. The van der Waals surface area contributed by atoms with E-state index in [0.717, 1.165) is 5.75 Å². The Morgan fingerprint density at radius 2 is 2.00 bits per heavy atom. The predicted octanol–water partition coefficient (Wildman–Crippen LogP) is 3.39. The van der Waals surface area contributed by atoms with E-state index in [4.69, 9.17) is 20.8 Å². The van der Waals surface area contributed by atoms with E-state index in [9.17, 15) is 4.79 Å². The Hall–Kier alpha value is -1.94. The molecule has 0 unspecified atom stereocenters. The number of aryl methyl sites for hydroxylation is 1. The van der Waals surface area contributed by atoms with Crippen molar-refractivity contribution in [2.75, 3.05) is 20.2 Å². The van der Waals surface area contributed by atoms with Crippen molar-refractivity contribution in [1.82, 2.24) is 4.90 Å². The van der Waals surface area contributed by atoms with Crippen molar-refractivity contribution in [2.45, 2.75) is 6.92 Å². The number of furan rings is 1. The second kappa shape index (κ2) is 6.48. The number of halogens is 1. The molecule has 20 heavy (non-hydrogen) atoms. The first-order chi connectivity index (χ1) is 9.58. The topological polar surface area (TPSA) is 42.7 Å². The number of benzene rings is 1. The molecule has 106 valence electrons. The van der Waals surface area contributed by atoms with E-state index in [1.54, 1.807) is 49.2 Å². The summed E-state index contributed by atoms with van der Waals surface area (Å²) in [6.45, 7) is 2.68. The highest BCUT2D eigenvalue weighted by atomic mass is 35.5. The fourth-order valence-electron chi connectivity index (χ4n) is 1.75. The van der Waals surface area contributed by atoms with Gasteiger partial charge in [-0.3, -0.25) is 4.79 Å². The number of likely N-dealkylation sites (N-methyl/N-ethyl adjacent to an activating group) is 1. The summed E-state index contributed by atoms with van der Waals surface area (Å²) in [6, 6.07) is 8.80. The van der Waals surface area contributed by atoms with Crippen LogP contribution in [-0.4, -0.2) is 31.0 Å². The third-order valence-corrected chi connectivity index (χ3v) is 3.20. The molecule has 0 fully saturated rings. The lowest BCUT2D eigenvalue weighted by Gasteiger charge is -2.17. The molecule has 0 saturated carbocycles. The lowest BCUT2D eigenvalue weighted by atomic mass is 10.2. The lowest BCUT2D eigenvalue weighted by Crippen LogP contribution is -2.31. The number of nitrogens with zero attached hydrogens (tertiary/aromatic N) is 1. The zero-order valence-corrected chi connectivity index (χ0v) is 12.2. The van der Waals surface area contributed by atoms with Crippen LogP contribution in [0, 0.1) is 6.92 Å². The van der Waals surface area contributed by atoms with Crippen molar-refractivity contribution in [3.63, 3.8) is 0 Å². The zero-order chi connectivity index (χ0) is 14.5. The molecule has 0 aliphatic carbocycles. The van der Waals surface area contributed by atoms with E-state index in [2.05, 4.69) is 0 Å². The van der Waals surface area contributed by atoms with Crippen LogP contribution in [-0.2, 0) is 0 Å². The van der Waals surface area contributed by atoms with Crippen LogP contribution in [0.1, 0.15) is 16.1 Å². The third kappa shape index (κ3) is 3.54. The average Bonchev–Trinajstić information content (AvgIpc) is 2.86. The second-order valence-electron chi connectivity index (χ2n) is 4.42. The Bertz CT molecular complexity index is 577. The minimum Gasteiger partial charge on any atom is -0.492 e. The Morgan fingerprint density at radius 3 is 2.60 bits per heavy atom. The Balaban J connectivity index is 1.83. The number of carbonyl (C=O) groups excluding carboxylic acids is 1. The number of carbonyl (C=O) groups is 1. The SMILES string of the molecule is Cc1occc1C(=O)N(C)CCOc1ccc(Cl)cc1. The third-order valence-electron chi connectivity index (χ3n) is 2.94. The van der Waals surface area contributed by atoms with Gasteiger partial charge in [-0.15, -0.1) is 0 Å². The van der Waals surface area contributed by atoms with Gasteiger partial charge in [0.25, 0.3) is 5.91 Å². The van der Waals surface area contributed by atoms with Gasteiger partial charge in [-0.25, -0.2) is 0 Å². The molecule has 0 aliphatic heterocycles. The maximum absolute atomic E-state index is 12.1. The molecule has 0 aliphatic rings. The number of ether oxygens (including phenoxy) is 1. The van der Waals surface area contributed by atoms with E-state index >= 15 is 0 Å². The van der Waals surface area contributed by atoms with Crippen molar-refractivity contribution < 1.29 is 13.9 Å². The quantitative estimate of drug-likeness (QED) is 0.848. The van der Waals surface area contributed by atoms with Crippen LogP contribution in [0.15, 0.2) is 41.0 Å². The van der Waals surface area contributed by atoms with Gasteiger partial charge in [0.05, 0.1) is 18.4 Å². The van der Waals surface area contributed by atoms with Gasteiger partial charge in [0.1, 0.15) is 18.1 Å². The smallest absolute Gasteiger partial charge is 0.257 e. The number of rotatable bonds is 5. The minimum absolute atomic E-state index is 0.0732. The highest BCUT2D eigenvalue weighted by molar-refractivity contribution is 6.30. The molecule has 5 heteroatoms. The molecule has 0 spiro atoms. The largest absolute Gasteiger partial charge is 0.492 e. The maximum atomic E-state index is 12.1. The summed E-state index contributed by atoms with van der Waals surface area (Å²) < 4.78 is 10.7. The average molecular weight is 294 g/mol. The van der Waals surface area contributed by atoms with Gasteiger partial charge in [-0.1, -0.05) is 11.6 Å². The summed E-state index contributed by atoms with van der Waals surface area (Å²) in [5.41, 5.74) is 0.582. The monoisotopic (exact) mass is 293 g/mol. The van der Waals surface area contributed by atoms with Crippen molar-refractivity contribution in [3.8, 4) is 5.75 Å². The Labute approximate surface area is 122 Å². The van der Waals surface area contributed by atoms with Gasteiger partial charge in [0, 0.05) is 12.1 Å². The van der Waals surface area contributed by atoms with Crippen LogP contribution >= 0.6 is 11.6 Å². The van der Waals surface area contributed by atoms with E-state index in [1.807, 2.05) is 0 Å². The van der Waals surface area contributed by atoms with Crippen molar-refractivity contribution in [2.24, 2.45) is 0 Å². The molecule has 2 aromatic rings. The van der Waals surface area contributed by atoms with Gasteiger partial charge >= 0.3 is 0 Å². The lowest BCUT2D eigenvalue weighted by molar-refractivity contribution is 0.0772. The first-order valence-electron chi connectivity index (χ1n) is 6.26. The predicted molar refractivity (Wildman–Crippen MR) is 77.4 cm³/mol. The molecule has 4 nitrogen and oxygen atoms in total. The molecular formula is C15H16ClNO3. The summed E-state index contributed by atoms with van der Waals surface area (Å²) >= 11 is 5.79. The molecule has 0 bridgehead atoms. The van der Waals surface area contributed by atoms with E-state index < -0.39 is 0 Å². The highest BCUT2D eigenvalue weighted by Crippen LogP contribution is 2.15. The number of hydrogen-bond donors (Lipinski definition) is 0. The summed E-state index contributed by atoms with van der Waals surface area (Å²) in [5.74, 6) is 1.28. The van der Waals surface area contributed by atoms with Crippen LogP contribution in [0.5, 0.6) is 5.75 Å². The summed E-state index contributed by atoms with van der Waals surface area (Å²) in [4.78, 5) is 13.7. The van der Waals surface area contributed by atoms with Gasteiger partial charge in [0.15, 0.2) is 0 Å². The fraction of sp³-hybridized carbons (Fsp3) is 0.267. The first kappa shape index (κ1) is 14.5. The van der Waals surface area contributed by atoms with Crippen molar-refractivity contribution in [3.05, 3.63) is 52.9 Å². The number of hydrogen-bond acceptors (Lipinski definition) is 3. The van der Waals surface area contributed by atoms with Crippen LogP contribution < -0.4 is 4.74 Å². The molecule has 1 aromatic heterocycles. The standard InChI is InChI=1S/C15H16ClNO3/c1-11-14(7-9-19-11)15(18)17(2)8-10-20-13-5-3-12(16)4-6-13/h3-7,9H,8,10H2,1-2H3. The number of amides is 1. The molecular weight excluding hydrogens is 278 g/mol. The van der Waals surface area contributed by atoms with Gasteiger partial charge in [0.2, 0.25) is 0 Å². The van der Waals surface area contributed by atoms with Crippen molar-refractivity contribution >= 4 is 17.5 Å². The molecule has 0 N–H and O–H groups in total. The van der Waals surface area contributed by atoms with E-state index in [-0.39, 0.29) is 5.91 Å². The molecule has 1 amide bonds. The second-order valence-corrected chi connectivity index (χ2v) is 4.86. The van der Waals surface area contributed by atoms with Crippen LogP contribution in [0.4, 0.5) is 0 Å². The summed E-state index contributed by atoms with van der Waals surface area (Å²) in [6.07, 6.45) is 1.51. The molecule has 2 rings (SSSR count). The minimum atomic E-state index is -0.0732. The fourth-order valence-corrected chi connectivity index (χ4v) is 1.87. The maximum Gasteiger partial charge on any atom is 0.257 e. The van der Waals surface area contributed by atoms with Gasteiger partial charge < -0.3 is 14.1 Å². The Morgan fingerprint density at radius 1 is 1.30 bits per heavy atom. The summed E-state index contributed by atoms with van der Waals surface area (Å²) in [7, 11) is 1.74. The van der Waals surface area contributed by atoms with Gasteiger partial charge in [-0.05, 0) is 37.3 Å². The van der Waals surface area contributed by atoms with E-state index in [1.165, 1.54) is 6.26 Å². The van der Waals surface area contributed by atoms with Gasteiger partial charge in [-0.2, -0.15) is 0 Å².